The van der Waals surface area contributed by atoms with E-state index in [4.69, 9.17) is 14.9 Å². The SMILES string of the molecule is CN/N=C(\C=N)c1ccc(CNc2cc(-c3cnc4cc(OCC5CN(C)CCO5)ccn34)ncn2)cc1. The van der Waals surface area contributed by atoms with Crippen LogP contribution in [0.25, 0.3) is 17.0 Å². The molecule has 0 aliphatic carbocycles. The van der Waals surface area contributed by atoms with Crippen LogP contribution in [0.2, 0.25) is 0 Å². The van der Waals surface area contributed by atoms with Crippen LogP contribution in [0, 0.1) is 5.41 Å². The van der Waals surface area contributed by atoms with Crippen LogP contribution in [0.1, 0.15) is 11.1 Å². The van der Waals surface area contributed by atoms with Crippen molar-refractivity contribution < 1.29 is 9.47 Å². The molecule has 0 saturated carbocycles. The van der Waals surface area contributed by atoms with Gasteiger partial charge in [-0.1, -0.05) is 24.3 Å². The molecule has 0 bridgehead atoms. The topological polar surface area (TPSA) is 125 Å². The van der Waals surface area contributed by atoms with Gasteiger partial charge in [0.05, 0.1) is 24.2 Å². The van der Waals surface area contributed by atoms with E-state index in [9.17, 15) is 0 Å². The first-order valence-corrected chi connectivity index (χ1v) is 12.4. The van der Waals surface area contributed by atoms with Gasteiger partial charge in [-0.2, -0.15) is 5.10 Å². The molecule has 11 heteroatoms. The third-order valence-corrected chi connectivity index (χ3v) is 6.28. The summed E-state index contributed by atoms with van der Waals surface area (Å²) in [5.41, 5.74) is 7.65. The lowest BCUT2D eigenvalue weighted by Crippen LogP contribution is -2.42. The molecular formula is C27H31N9O2. The van der Waals surface area contributed by atoms with E-state index in [-0.39, 0.29) is 6.10 Å². The first-order valence-electron chi connectivity index (χ1n) is 12.4. The number of anilines is 1. The number of likely N-dealkylation sites (N-methyl/N-ethyl adjacent to an activating group) is 1. The molecular weight excluding hydrogens is 482 g/mol. The summed E-state index contributed by atoms with van der Waals surface area (Å²) in [7, 11) is 3.81. The number of nitrogens with one attached hydrogen (secondary N) is 3. The average Bonchev–Trinajstić information content (AvgIpc) is 3.38. The molecule has 38 heavy (non-hydrogen) atoms. The van der Waals surface area contributed by atoms with Gasteiger partial charge in [-0.05, 0) is 18.7 Å². The molecule has 11 nitrogen and oxygen atoms in total. The number of rotatable bonds is 10. The minimum absolute atomic E-state index is 0.0663. The molecule has 1 fully saturated rings. The Morgan fingerprint density at radius 3 is 2.87 bits per heavy atom. The van der Waals surface area contributed by atoms with Gasteiger partial charge in [0.2, 0.25) is 0 Å². The quantitative estimate of drug-likeness (QED) is 0.218. The van der Waals surface area contributed by atoms with Crippen molar-refractivity contribution in [3.63, 3.8) is 0 Å². The minimum Gasteiger partial charge on any atom is -0.491 e. The molecule has 4 aromatic rings. The van der Waals surface area contributed by atoms with Crippen LogP contribution in [0.15, 0.2) is 66.3 Å². The lowest BCUT2D eigenvalue weighted by atomic mass is 10.1. The van der Waals surface area contributed by atoms with Gasteiger partial charge in [-0.15, -0.1) is 0 Å². The molecule has 1 saturated heterocycles. The molecule has 0 amide bonds. The third-order valence-electron chi connectivity index (χ3n) is 6.28. The number of fused-ring (bicyclic) bond motifs is 1. The number of aromatic nitrogens is 4. The molecule has 196 valence electrons. The van der Waals surface area contributed by atoms with Gasteiger partial charge in [-0.25, -0.2) is 15.0 Å². The summed E-state index contributed by atoms with van der Waals surface area (Å²) in [6, 6.07) is 13.7. The van der Waals surface area contributed by atoms with E-state index in [1.165, 1.54) is 6.21 Å². The minimum atomic E-state index is 0.0663. The third kappa shape index (κ3) is 5.96. The van der Waals surface area contributed by atoms with Crippen molar-refractivity contribution in [1.29, 1.82) is 5.41 Å². The number of nitrogens with zero attached hydrogens (tertiary/aromatic N) is 6. The summed E-state index contributed by atoms with van der Waals surface area (Å²) in [6.45, 7) is 3.64. The fourth-order valence-corrected chi connectivity index (χ4v) is 4.28. The van der Waals surface area contributed by atoms with E-state index in [1.54, 1.807) is 19.6 Å². The molecule has 1 atom stereocenters. The first kappa shape index (κ1) is 25.3. The standard InChI is InChI=1S/C27H31N9O2/c1-29-34-24(13-28)20-5-3-19(4-6-20)14-30-26-12-23(32-18-33-26)25-15-31-27-11-21(7-8-36(25)27)38-17-22-16-35(2)9-10-37-22/h3-8,11-13,15,18,22,28-29H,9-10,14,16-17H2,1-2H3,(H,30,32,33)/b28-13?,34-24+. The van der Waals surface area contributed by atoms with E-state index in [1.807, 2.05) is 53.1 Å². The van der Waals surface area contributed by atoms with Crippen LogP contribution in [0.5, 0.6) is 5.75 Å². The summed E-state index contributed by atoms with van der Waals surface area (Å²) in [5.74, 6) is 1.47. The number of ether oxygens (including phenoxy) is 2. The average molecular weight is 514 g/mol. The molecule has 0 radical (unpaired) electrons. The predicted molar refractivity (Wildman–Crippen MR) is 147 cm³/mol. The predicted octanol–water partition coefficient (Wildman–Crippen LogP) is 2.69. The molecule has 3 N–H and O–H groups in total. The number of morpholine rings is 1. The highest BCUT2D eigenvalue weighted by molar-refractivity contribution is 6.37. The number of pyridine rings is 1. The highest BCUT2D eigenvalue weighted by Gasteiger charge is 2.18. The second-order valence-electron chi connectivity index (χ2n) is 9.00. The second-order valence-corrected chi connectivity index (χ2v) is 9.00. The number of imidazole rings is 1. The molecule has 5 rings (SSSR count). The van der Waals surface area contributed by atoms with Crippen molar-refractivity contribution in [2.45, 2.75) is 12.6 Å². The number of hydrogen-bond donors (Lipinski definition) is 3. The van der Waals surface area contributed by atoms with Crippen LogP contribution in [-0.2, 0) is 11.3 Å². The fourth-order valence-electron chi connectivity index (χ4n) is 4.28. The number of hydrazone groups is 1. The van der Waals surface area contributed by atoms with Crippen molar-refractivity contribution in [3.05, 3.63) is 72.3 Å². The van der Waals surface area contributed by atoms with Gasteiger partial charge >= 0.3 is 0 Å². The van der Waals surface area contributed by atoms with E-state index in [0.29, 0.717) is 24.7 Å². The van der Waals surface area contributed by atoms with Crippen molar-refractivity contribution in [3.8, 4) is 17.1 Å². The van der Waals surface area contributed by atoms with Crippen molar-refractivity contribution in [2.75, 3.05) is 45.7 Å². The van der Waals surface area contributed by atoms with E-state index >= 15 is 0 Å². The Hall–Kier alpha value is -4.35. The molecule has 3 aromatic heterocycles. The van der Waals surface area contributed by atoms with Crippen LogP contribution in [-0.4, -0.2) is 82.7 Å². The Morgan fingerprint density at radius 2 is 2.08 bits per heavy atom. The maximum atomic E-state index is 7.51. The summed E-state index contributed by atoms with van der Waals surface area (Å²) < 4.78 is 13.8. The molecule has 1 aliphatic rings. The summed E-state index contributed by atoms with van der Waals surface area (Å²) in [6.07, 6.45) is 6.58. The Morgan fingerprint density at radius 1 is 1.21 bits per heavy atom. The molecule has 1 aliphatic heterocycles. The zero-order chi connectivity index (χ0) is 26.3. The number of benzene rings is 1. The maximum Gasteiger partial charge on any atom is 0.140 e. The maximum absolute atomic E-state index is 7.51. The van der Waals surface area contributed by atoms with Gasteiger partial charge in [0.1, 0.15) is 42.0 Å². The van der Waals surface area contributed by atoms with Crippen molar-refractivity contribution in [2.24, 2.45) is 5.10 Å². The molecule has 0 spiro atoms. The van der Waals surface area contributed by atoms with E-state index in [2.05, 4.69) is 42.7 Å². The molecule has 4 heterocycles. The Kier molecular flexibility index (Phi) is 7.86. The Balaban J connectivity index is 1.24. The van der Waals surface area contributed by atoms with Gasteiger partial charge in [-0.3, -0.25) is 4.40 Å². The zero-order valence-electron chi connectivity index (χ0n) is 21.5. The smallest absolute Gasteiger partial charge is 0.140 e. The normalized spacial score (nSPS) is 16.4. The second kappa shape index (κ2) is 11.8. The highest BCUT2D eigenvalue weighted by Crippen LogP contribution is 2.23. The fraction of sp³-hybridized carbons (Fsp3) is 0.296. The van der Waals surface area contributed by atoms with E-state index < -0.39 is 0 Å². The summed E-state index contributed by atoms with van der Waals surface area (Å²) in [5, 5.41) is 15.0. The van der Waals surface area contributed by atoms with Crippen LogP contribution >= 0.6 is 0 Å². The summed E-state index contributed by atoms with van der Waals surface area (Å²) in [4.78, 5) is 15.6. The first-order chi connectivity index (χ1) is 18.6. The van der Waals surface area contributed by atoms with Crippen molar-refractivity contribution in [1.82, 2.24) is 29.7 Å². The van der Waals surface area contributed by atoms with Crippen LogP contribution < -0.4 is 15.5 Å². The monoisotopic (exact) mass is 513 g/mol. The van der Waals surface area contributed by atoms with Gasteiger partial charge in [0.25, 0.3) is 0 Å². The highest BCUT2D eigenvalue weighted by atomic mass is 16.5. The van der Waals surface area contributed by atoms with E-state index in [0.717, 1.165) is 53.6 Å². The lowest BCUT2D eigenvalue weighted by Gasteiger charge is -2.29. The van der Waals surface area contributed by atoms with Gasteiger partial charge < -0.3 is 30.5 Å². The van der Waals surface area contributed by atoms with Crippen LogP contribution in [0.4, 0.5) is 5.82 Å². The molecule has 1 unspecified atom stereocenters. The Bertz CT molecular complexity index is 1420. The van der Waals surface area contributed by atoms with Crippen LogP contribution in [0.3, 0.4) is 0 Å². The summed E-state index contributed by atoms with van der Waals surface area (Å²) >= 11 is 0. The molecule has 1 aromatic carbocycles. The largest absolute Gasteiger partial charge is 0.491 e. The number of hydrogen-bond acceptors (Lipinski definition) is 10. The lowest BCUT2D eigenvalue weighted by molar-refractivity contribution is -0.0403. The van der Waals surface area contributed by atoms with Gasteiger partial charge in [0, 0.05) is 56.8 Å². The zero-order valence-corrected chi connectivity index (χ0v) is 21.5. The van der Waals surface area contributed by atoms with Crippen molar-refractivity contribution >= 4 is 23.4 Å². The van der Waals surface area contributed by atoms with Gasteiger partial charge in [0.15, 0.2) is 0 Å². The Labute approximate surface area is 221 Å².